The topological polar surface area (TPSA) is 54.5 Å². The third kappa shape index (κ3) is 3.64. The summed E-state index contributed by atoms with van der Waals surface area (Å²) in [7, 11) is 1.64. The highest BCUT2D eigenvalue weighted by molar-refractivity contribution is 6.36. The highest BCUT2D eigenvalue weighted by Crippen LogP contribution is 2.43. The Hall–Kier alpha value is -1.82. The van der Waals surface area contributed by atoms with Gasteiger partial charge in [-0.2, -0.15) is 0 Å². The van der Waals surface area contributed by atoms with E-state index in [0.29, 0.717) is 22.5 Å². The van der Waals surface area contributed by atoms with Crippen LogP contribution in [0.1, 0.15) is 27.2 Å². The minimum atomic E-state index is -0.787. The zero-order chi connectivity index (χ0) is 19.8. The first-order chi connectivity index (χ1) is 12.8. The SMILES string of the molecule is CCC(COC)N1C(=O)C(C)(C)Nc2c(-c3ccc(Cl)cc3Cl)ccnc21. The van der Waals surface area contributed by atoms with Crippen molar-refractivity contribution in [1.82, 2.24) is 4.98 Å². The Labute approximate surface area is 169 Å². The summed E-state index contributed by atoms with van der Waals surface area (Å²) in [6, 6.07) is 7.17. The van der Waals surface area contributed by atoms with Crippen LogP contribution in [0.15, 0.2) is 30.5 Å². The molecule has 0 aliphatic carbocycles. The number of carbonyl (C=O) groups is 1. The van der Waals surface area contributed by atoms with E-state index in [1.54, 1.807) is 30.3 Å². The van der Waals surface area contributed by atoms with E-state index in [2.05, 4.69) is 10.3 Å². The summed E-state index contributed by atoms with van der Waals surface area (Å²) in [4.78, 5) is 19.4. The number of methoxy groups -OCH3 is 1. The molecule has 1 aromatic heterocycles. The number of rotatable bonds is 5. The Bertz CT molecular complexity index is 870. The molecule has 1 amide bonds. The third-order valence-corrected chi connectivity index (χ3v) is 5.31. The maximum absolute atomic E-state index is 13.2. The number of nitrogens with one attached hydrogen (secondary N) is 1. The minimum absolute atomic E-state index is 0.0363. The van der Waals surface area contributed by atoms with E-state index in [0.717, 1.165) is 23.2 Å². The van der Waals surface area contributed by atoms with Crippen molar-refractivity contribution in [2.45, 2.75) is 38.8 Å². The molecule has 27 heavy (non-hydrogen) atoms. The van der Waals surface area contributed by atoms with Crippen molar-refractivity contribution in [3.63, 3.8) is 0 Å². The molecular formula is C20H23Cl2N3O2. The predicted octanol–water partition coefficient (Wildman–Crippen LogP) is 5.02. The molecule has 0 fully saturated rings. The third-order valence-electron chi connectivity index (χ3n) is 4.77. The van der Waals surface area contributed by atoms with Crippen molar-refractivity contribution in [2.75, 3.05) is 23.9 Å². The molecular weight excluding hydrogens is 385 g/mol. The maximum Gasteiger partial charge on any atom is 0.253 e. The zero-order valence-corrected chi connectivity index (χ0v) is 17.4. The molecule has 0 saturated carbocycles. The maximum atomic E-state index is 13.2. The smallest absolute Gasteiger partial charge is 0.253 e. The largest absolute Gasteiger partial charge is 0.383 e. The van der Waals surface area contributed by atoms with Gasteiger partial charge in [0, 0.05) is 34.5 Å². The van der Waals surface area contributed by atoms with E-state index < -0.39 is 5.54 Å². The number of nitrogens with zero attached hydrogens (tertiary/aromatic N) is 2. The average molecular weight is 408 g/mol. The van der Waals surface area contributed by atoms with Crippen molar-refractivity contribution >= 4 is 40.6 Å². The van der Waals surface area contributed by atoms with Crippen molar-refractivity contribution < 1.29 is 9.53 Å². The quantitative estimate of drug-likeness (QED) is 0.755. The molecule has 1 atom stereocenters. The van der Waals surface area contributed by atoms with E-state index in [1.807, 2.05) is 32.9 Å². The van der Waals surface area contributed by atoms with Gasteiger partial charge in [0.05, 0.1) is 18.3 Å². The fraction of sp³-hybridized carbons (Fsp3) is 0.400. The standard InChI is InChI=1S/C20H23Cl2N3O2/c1-5-13(11-27-4)25-18-17(24-20(2,3)19(25)26)15(8-9-23-18)14-7-6-12(21)10-16(14)22/h6-10,13,24H,5,11H2,1-4H3. The molecule has 0 saturated heterocycles. The van der Waals surface area contributed by atoms with Gasteiger partial charge in [-0.05, 0) is 38.5 Å². The number of carbonyl (C=O) groups excluding carboxylic acids is 1. The van der Waals surface area contributed by atoms with Crippen LogP contribution in [-0.4, -0.2) is 36.2 Å². The number of hydrogen-bond donors (Lipinski definition) is 1. The summed E-state index contributed by atoms with van der Waals surface area (Å²) in [6.07, 6.45) is 2.45. The normalized spacial score (nSPS) is 16.7. The Balaban J connectivity index is 2.21. The van der Waals surface area contributed by atoms with Gasteiger partial charge in [-0.25, -0.2) is 4.98 Å². The van der Waals surface area contributed by atoms with Crippen LogP contribution in [0.5, 0.6) is 0 Å². The van der Waals surface area contributed by atoms with Crippen LogP contribution in [0.25, 0.3) is 11.1 Å². The lowest BCUT2D eigenvalue weighted by molar-refractivity contribution is -0.123. The number of pyridine rings is 1. The van der Waals surface area contributed by atoms with Crippen molar-refractivity contribution in [1.29, 1.82) is 0 Å². The van der Waals surface area contributed by atoms with Crippen LogP contribution in [0.4, 0.5) is 11.5 Å². The van der Waals surface area contributed by atoms with Crippen LogP contribution in [0, 0.1) is 0 Å². The van der Waals surface area contributed by atoms with Crippen LogP contribution in [0.2, 0.25) is 10.0 Å². The monoisotopic (exact) mass is 407 g/mol. The molecule has 1 aliphatic heterocycles. The molecule has 1 aromatic carbocycles. The molecule has 5 nitrogen and oxygen atoms in total. The minimum Gasteiger partial charge on any atom is -0.383 e. The Morgan fingerprint density at radius 3 is 2.63 bits per heavy atom. The van der Waals surface area contributed by atoms with Crippen molar-refractivity contribution in [3.8, 4) is 11.1 Å². The molecule has 144 valence electrons. The first-order valence-electron chi connectivity index (χ1n) is 8.85. The molecule has 1 unspecified atom stereocenters. The molecule has 0 radical (unpaired) electrons. The highest BCUT2D eigenvalue weighted by atomic mass is 35.5. The lowest BCUT2D eigenvalue weighted by atomic mass is 9.94. The highest BCUT2D eigenvalue weighted by Gasteiger charge is 2.43. The fourth-order valence-corrected chi connectivity index (χ4v) is 3.87. The Morgan fingerprint density at radius 2 is 2.00 bits per heavy atom. The van der Waals surface area contributed by atoms with Gasteiger partial charge in [-0.1, -0.05) is 36.2 Å². The summed E-state index contributed by atoms with van der Waals surface area (Å²) in [5.41, 5.74) is 1.70. The first-order valence-corrected chi connectivity index (χ1v) is 9.61. The number of aromatic nitrogens is 1. The van der Waals surface area contributed by atoms with Crippen LogP contribution >= 0.6 is 23.2 Å². The summed E-state index contributed by atoms with van der Waals surface area (Å²) in [6.45, 7) is 6.20. The molecule has 2 aromatic rings. The fourth-order valence-electron chi connectivity index (χ4n) is 3.36. The number of halogens is 2. The average Bonchev–Trinajstić information content (AvgIpc) is 2.61. The summed E-state index contributed by atoms with van der Waals surface area (Å²) in [5, 5.41) is 4.48. The van der Waals surface area contributed by atoms with Gasteiger partial charge in [-0.15, -0.1) is 0 Å². The van der Waals surface area contributed by atoms with Gasteiger partial charge in [-0.3, -0.25) is 9.69 Å². The molecule has 0 bridgehead atoms. The molecule has 1 N–H and O–H groups in total. The van der Waals surface area contributed by atoms with Gasteiger partial charge in [0.1, 0.15) is 5.54 Å². The zero-order valence-electron chi connectivity index (χ0n) is 15.8. The molecule has 0 spiro atoms. The summed E-state index contributed by atoms with van der Waals surface area (Å²) >= 11 is 12.5. The lowest BCUT2D eigenvalue weighted by Crippen LogP contribution is -2.58. The number of anilines is 2. The Kier molecular flexibility index (Phi) is 5.65. The molecule has 2 heterocycles. The lowest BCUT2D eigenvalue weighted by Gasteiger charge is -2.43. The summed E-state index contributed by atoms with van der Waals surface area (Å²) < 4.78 is 5.35. The number of hydrogen-bond acceptors (Lipinski definition) is 4. The number of ether oxygens (including phenoxy) is 1. The number of amides is 1. The molecule has 3 rings (SSSR count). The van der Waals surface area contributed by atoms with Gasteiger partial charge in [0.15, 0.2) is 5.82 Å². The second-order valence-electron chi connectivity index (χ2n) is 7.12. The van der Waals surface area contributed by atoms with E-state index in [4.69, 9.17) is 27.9 Å². The van der Waals surface area contributed by atoms with Gasteiger partial charge < -0.3 is 10.1 Å². The van der Waals surface area contributed by atoms with Gasteiger partial charge in [0.25, 0.3) is 5.91 Å². The molecule has 7 heteroatoms. The predicted molar refractivity (Wildman–Crippen MR) is 111 cm³/mol. The Morgan fingerprint density at radius 1 is 1.26 bits per heavy atom. The van der Waals surface area contributed by atoms with E-state index in [1.165, 1.54) is 0 Å². The van der Waals surface area contributed by atoms with Gasteiger partial charge >= 0.3 is 0 Å². The molecule has 1 aliphatic rings. The van der Waals surface area contributed by atoms with E-state index >= 15 is 0 Å². The second kappa shape index (κ2) is 7.66. The van der Waals surface area contributed by atoms with Crippen molar-refractivity contribution in [2.24, 2.45) is 0 Å². The van der Waals surface area contributed by atoms with Crippen LogP contribution < -0.4 is 10.2 Å². The van der Waals surface area contributed by atoms with E-state index in [9.17, 15) is 4.79 Å². The van der Waals surface area contributed by atoms with Crippen molar-refractivity contribution in [3.05, 3.63) is 40.5 Å². The second-order valence-corrected chi connectivity index (χ2v) is 7.97. The first kappa shape index (κ1) is 19.9. The van der Waals surface area contributed by atoms with Crippen LogP contribution in [-0.2, 0) is 9.53 Å². The number of benzene rings is 1. The van der Waals surface area contributed by atoms with Crippen LogP contribution in [0.3, 0.4) is 0 Å². The van der Waals surface area contributed by atoms with Gasteiger partial charge in [0.2, 0.25) is 0 Å². The number of fused-ring (bicyclic) bond motifs is 1. The summed E-state index contributed by atoms with van der Waals surface area (Å²) in [5.74, 6) is 0.553. The van der Waals surface area contributed by atoms with E-state index in [-0.39, 0.29) is 11.9 Å².